The molecule has 0 aliphatic carbocycles. The van der Waals surface area contributed by atoms with E-state index in [4.69, 9.17) is 5.11 Å². The predicted molar refractivity (Wildman–Crippen MR) is 58.0 cm³/mol. The Balaban J connectivity index is 3.55. The van der Waals surface area contributed by atoms with Gasteiger partial charge in [0.2, 0.25) is 5.91 Å². The zero-order valence-corrected chi connectivity index (χ0v) is 9.80. The molecule has 5 nitrogen and oxygen atoms in total. The minimum atomic E-state index is -0.979. The molecule has 0 aromatic rings. The number of nitrogens with one attached hydrogen (secondary N) is 1. The van der Waals surface area contributed by atoms with Gasteiger partial charge >= 0.3 is 5.97 Å². The van der Waals surface area contributed by atoms with E-state index in [-0.39, 0.29) is 24.0 Å². The second kappa shape index (κ2) is 7.39. The molecule has 0 aliphatic heterocycles. The Kier molecular flexibility index (Phi) is 6.94. The van der Waals surface area contributed by atoms with E-state index in [0.717, 1.165) is 0 Å². The van der Waals surface area contributed by atoms with Crippen LogP contribution in [0, 0.1) is 0 Å². The van der Waals surface area contributed by atoms with Gasteiger partial charge in [0.25, 0.3) is 0 Å². The van der Waals surface area contributed by atoms with Crippen LogP contribution in [0.4, 0.5) is 0 Å². The molecule has 15 heavy (non-hydrogen) atoms. The van der Waals surface area contributed by atoms with Crippen molar-refractivity contribution in [2.45, 2.75) is 31.4 Å². The van der Waals surface area contributed by atoms with Crippen molar-refractivity contribution in [1.82, 2.24) is 5.32 Å². The highest BCUT2D eigenvalue weighted by atomic mass is 32.2. The standard InChI is InChI=1S/C9H17NO4S/c1-7(15(2)14)5-6-10-8(11)3-4-9(12)13/h7H,3-6H2,1-2H3,(H,10,11)(H,12,13). The van der Waals surface area contributed by atoms with Crippen LogP contribution in [0.5, 0.6) is 0 Å². The number of aliphatic carboxylic acids is 1. The molecule has 2 N–H and O–H groups in total. The first-order valence-corrected chi connectivity index (χ1v) is 6.36. The zero-order valence-electron chi connectivity index (χ0n) is 8.99. The normalized spacial score (nSPS) is 14.3. The van der Waals surface area contributed by atoms with Gasteiger partial charge in [-0.1, -0.05) is 6.92 Å². The minimum Gasteiger partial charge on any atom is -0.481 e. The summed E-state index contributed by atoms with van der Waals surface area (Å²) in [6.45, 7) is 2.29. The molecule has 0 saturated carbocycles. The third kappa shape index (κ3) is 8.11. The van der Waals surface area contributed by atoms with Gasteiger partial charge in [-0.05, 0) is 6.42 Å². The van der Waals surface area contributed by atoms with E-state index in [1.165, 1.54) is 0 Å². The summed E-state index contributed by atoms with van der Waals surface area (Å²) in [6, 6.07) is 0. The van der Waals surface area contributed by atoms with Crippen molar-refractivity contribution in [3.05, 3.63) is 0 Å². The topological polar surface area (TPSA) is 83.5 Å². The van der Waals surface area contributed by atoms with E-state index in [2.05, 4.69) is 5.32 Å². The van der Waals surface area contributed by atoms with Crippen LogP contribution in [0.25, 0.3) is 0 Å². The van der Waals surface area contributed by atoms with Gasteiger partial charge in [-0.15, -0.1) is 0 Å². The number of carboxylic acid groups (broad SMARTS) is 1. The fourth-order valence-corrected chi connectivity index (χ4v) is 1.34. The summed E-state index contributed by atoms with van der Waals surface area (Å²) in [5.74, 6) is -1.25. The van der Waals surface area contributed by atoms with Crippen LogP contribution >= 0.6 is 0 Å². The first-order valence-electron chi connectivity index (χ1n) is 4.74. The Morgan fingerprint density at radius 1 is 1.40 bits per heavy atom. The van der Waals surface area contributed by atoms with Crippen molar-refractivity contribution in [2.24, 2.45) is 0 Å². The summed E-state index contributed by atoms with van der Waals surface area (Å²) in [7, 11) is -0.882. The molecule has 0 rings (SSSR count). The van der Waals surface area contributed by atoms with E-state index < -0.39 is 16.8 Å². The second-order valence-electron chi connectivity index (χ2n) is 3.34. The Labute approximate surface area is 91.7 Å². The quantitative estimate of drug-likeness (QED) is 0.656. The number of hydrogen-bond donors (Lipinski definition) is 2. The molecule has 0 bridgehead atoms. The smallest absolute Gasteiger partial charge is 0.303 e. The summed E-state index contributed by atoms with van der Waals surface area (Å²) >= 11 is 0. The van der Waals surface area contributed by atoms with Crippen molar-refractivity contribution in [3.63, 3.8) is 0 Å². The maximum Gasteiger partial charge on any atom is 0.303 e. The molecular formula is C9H17NO4S. The number of carbonyl (C=O) groups excluding carboxylic acids is 1. The monoisotopic (exact) mass is 235 g/mol. The lowest BCUT2D eigenvalue weighted by molar-refractivity contribution is -0.138. The van der Waals surface area contributed by atoms with Gasteiger partial charge in [-0.25, -0.2) is 0 Å². The van der Waals surface area contributed by atoms with Crippen LogP contribution in [-0.2, 0) is 20.4 Å². The number of carboxylic acids is 1. The Bertz CT molecular complexity index is 254. The molecule has 0 spiro atoms. The van der Waals surface area contributed by atoms with Crippen LogP contribution in [0.15, 0.2) is 0 Å². The molecule has 0 aromatic carbocycles. The Hall–Kier alpha value is -0.910. The van der Waals surface area contributed by atoms with Crippen molar-refractivity contribution >= 4 is 22.7 Å². The molecule has 0 aromatic heterocycles. The molecule has 0 saturated heterocycles. The van der Waals surface area contributed by atoms with E-state index in [1.54, 1.807) is 6.26 Å². The average Bonchev–Trinajstić information content (AvgIpc) is 2.14. The molecular weight excluding hydrogens is 218 g/mol. The van der Waals surface area contributed by atoms with E-state index >= 15 is 0 Å². The van der Waals surface area contributed by atoms with Gasteiger partial charge in [-0.3, -0.25) is 13.8 Å². The third-order valence-electron chi connectivity index (χ3n) is 2.01. The van der Waals surface area contributed by atoms with Gasteiger partial charge in [0.15, 0.2) is 0 Å². The number of hydrogen-bond acceptors (Lipinski definition) is 3. The summed E-state index contributed by atoms with van der Waals surface area (Å²) in [5, 5.41) is 11.0. The van der Waals surface area contributed by atoms with Gasteiger partial charge in [0, 0.05) is 35.3 Å². The molecule has 2 unspecified atom stereocenters. The van der Waals surface area contributed by atoms with Gasteiger partial charge in [0.05, 0.1) is 6.42 Å². The van der Waals surface area contributed by atoms with E-state index in [9.17, 15) is 13.8 Å². The molecule has 6 heteroatoms. The molecule has 0 fully saturated rings. The molecule has 1 amide bonds. The van der Waals surface area contributed by atoms with Crippen molar-refractivity contribution in [1.29, 1.82) is 0 Å². The number of rotatable bonds is 7. The summed E-state index contributed by atoms with van der Waals surface area (Å²) in [4.78, 5) is 21.2. The van der Waals surface area contributed by atoms with Gasteiger partial charge in [-0.2, -0.15) is 0 Å². The summed E-state index contributed by atoms with van der Waals surface area (Å²) < 4.78 is 11.0. The lowest BCUT2D eigenvalue weighted by Crippen LogP contribution is -2.27. The first-order chi connectivity index (χ1) is 6.93. The largest absolute Gasteiger partial charge is 0.481 e. The van der Waals surface area contributed by atoms with Crippen LogP contribution in [-0.4, -0.2) is 39.2 Å². The number of carbonyl (C=O) groups is 2. The van der Waals surface area contributed by atoms with Crippen LogP contribution < -0.4 is 5.32 Å². The molecule has 88 valence electrons. The van der Waals surface area contributed by atoms with Crippen molar-refractivity contribution < 1.29 is 18.9 Å². The molecule has 0 aliphatic rings. The Morgan fingerprint density at radius 3 is 2.47 bits per heavy atom. The lowest BCUT2D eigenvalue weighted by Gasteiger charge is -2.08. The van der Waals surface area contributed by atoms with E-state index in [0.29, 0.717) is 13.0 Å². The zero-order chi connectivity index (χ0) is 11.8. The first kappa shape index (κ1) is 14.1. The SMILES string of the molecule is CC(CCNC(=O)CCC(=O)O)S(C)=O. The van der Waals surface area contributed by atoms with Crippen LogP contribution in [0.2, 0.25) is 0 Å². The maximum atomic E-state index is 11.0. The predicted octanol–water partition coefficient (Wildman–Crippen LogP) is 0.124. The molecule has 0 radical (unpaired) electrons. The second-order valence-corrected chi connectivity index (χ2v) is 5.14. The Morgan fingerprint density at radius 2 is 2.00 bits per heavy atom. The van der Waals surface area contributed by atoms with Crippen molar-refractivity contribution in [3.8, 4) is 0 Å². The van der Waals surface area contributed by atoms with Gasteiger partial charge < -0.3 is 10.4 Å². The van der Waals surface area contributed by atoms with Crippen LogP contribution in [0.3, 0.4) is 0 Å². The van der Waals surface area contributed by atoms with Crippen molar-refractivity contribution in [2.75, 3.05) is 12.8 Å². The highest BCUT2D eigenvalue weighted by Gasteiger charge is 2.08. The summed E-state index contributed by atoms with van der Waals surface area (Å²) in [6.07, 6.45) is 2.11. The average molecular weight is 235 g/mol. The van der Waals surface area contributed by atoms with Crippen LogP contribution in [0.1, 0.15) is 26.2 Å². The molecule has 2 atom stereocenters. The molecule has 0 heterocycles. The fraction of sp³-hybridized carbons (Fsp3) is 0.778. The maximum absolute atomic E-state index is 11.0. The minimum absolute atomic E-state index is 0.00106. The van der Waals surface area contributed by atoms with E-state index in [1.807, 2.05) is 6.92 Å². The highest BCUT2D eigenvalue weighted by molar-refractivity contribution is 7.84. The van der Waals surface area contributed by atoms with Gasteiger partial charge in [0.1, 0.15) is 0 Å². The number of amides is 1. The third-order valence-corrected chi connectivity index (χ3v) is 3.37. The fourth-order valence-electron chi connectivity index (χ4n) is 0.890. The highest BCUT2D eigenvalue weighted by Crippen LogP contribution is 1.97. The lowest BCUT2D eigenvalue weighted by atomic mass is 10.3. The summed E-state index contributed by atoms with van der Waals surface area (Å²) in [5.41, 5.74) is 0.